The van der Waals surface area contributed by atoms with E-state index < -0.39 is 0 Å². The number of hydrogen-bond acceptors (Lipinski definition) is 2. The van der Waals surface area contributed by atoms with Crippen LogP contribution in [0, 0.1) is 0 Å². The van der Waals surface area contributed by atoms with Gasteiger partial charge in [-0.2, -0.15) is 0 Å². The minimum absolute atomic E-state index is 0.533. The maximum Gasteiger partial charge on any atom is 0.136 e. The van der Waals surface area contributed by atoms with E-state index in [0.717, 1.165) is 22.5 Å². The van der Waals surface area contributed by atoms with Gasteiger partial charge in [-0.1, -0.05) is 24.3 Å². The fraction of sp³-hybridized carbons (Fsp3) is 0.368. The Morgan fingerprint density at radius 1 is 1.13 bits per heavy atom. The molecule has 122 valence electrons. The van der Waals surface area contributed by atoms with Crippen molar-refractivity contribution in [2.24, 2.45) is 0 Å². The molecule has 1 atom stereocenters. The highest BCUT2D eigenvalue weighted by Gasteiger charge is 2.23. The zero-order chi connectivity index (χ0) is 16.2. The monoisotopic (exact) mass is 376 g/mol. The predicted molar refractivity (Wildman–Crippen MR) is 95.0 cm³/mol. The van der Waals surface area contributed by atoms with Crippen LogP contribution in [0.2, 0.25) is 0 Å². The highest BCUT2D eigenvalue weighted by Crippen LogP contribution is 2.33. The van der Waals surface area contributed by atoms with Crippen LogP contribution in [0.1, 0.15) is 35.6 Å². The molecule has 0 radical (unpaired) electrons. The molecule has 2 N–H and O–H groups in total. The number of aryl methyl sites for hydroxylation is 1. The van der Waals surface area contributed by atoms with Gasteiger partial charge in [-0.15, -0.1) is 0 Å². The molecule has 0 fully saturated rings. The lowest BCUT2D eigenvalue weighted by atomic mass is 9.87. The Kier molecular flexibility index (Phi) is 5.23. The van der Waals surface area contributed by atoms with Crippen molar-refractivity contribution in [2.45, 2.75) is 31.8 Å². The summed E-state index contributed by atoms with van der Waals surface area (Å²) in [6, 6.07) is 13.4. The van der Waals surface area contributed by atoms with Crippen LogP contribution in [0.3, 0.4) is 0 Å². The van der Waals surface area contributed by atoms with Crippen molar-refractivity contribution in [3.63, 3.8) is 0 Å². The SMILES string of the molecule is COc1cc(OC)c(C[NH2+][C@H]2CCCc3ccccc32)cc1Br. The summed E-state index contributed by atoms with van der Waals surface area (Å²) in [6.45, 7) is 0.894. The van der Waals surface area contributed by atoms with Gasteiger partial charge >= 0.3 is 0 Å². The van der Waals surface area contributed by atoms with Gasteiger partial charge < -0.3 is 14.8 Å². The first-order valence-corrected chi connectivity index (χ1v) is 8.83. The Bertz CT molecular complexity index is 687. The minimum Gasteiger partial charge on any atom is -0.496 e. The van der Waals surface area contributed by atoms with Crippen LogP contribution in [0.15, 0.2) is 40.9 Å². The lowest BCUT2D eigenvalue weighted by Crippen LogP contribution is -2.84. The molecule has 4 heteroatoms. The highest BCUT2D eigenvalue weighted by molar-refractivity contribution is 9.10. The molecule has 3 rings (SSSR count). The van der Waals surface area contributed by atoms with E-state index in [0.29, 0.717) is 6.04 Å². The molecule has 2 aromatic rings. The van der Waals surface area contributed by atoms with E-state index in [1.807, 2.05) is 6.07 Å². The molecule has 0 saturated heterocycles. The zero-order valence-corrected chi connectivity index (χ0v) is 15.2. The largest absolute Gasteiger partial charge is 0.496 e. The molecule has 0 heterocycles. The molecule has 1 aliphatic carbocycles. The first-order valence-electron chi connectivity index (χ1n) is 8.04. The van der Waals surface area contributed by atoms with Crippen LogP contribution in [0.4, 0.5) is 0 Å². The lowest BCUT2D eigenvalue weighted by molar-refractivity contribution is -0.712. The summed E-state index contributed by atoms with van der Waals surface area (Å²) in [5, 5.41) is 2.43. The number of rotatable bonds is 5. The Morgan fingerprint density at radius 2 is 1.91 bits per heavy atom. The normalized spacial score (nSPS) is 16.7. The van der Waals surface area contributed by atoms with E-state index in [9.17, 15) is 0 Å². The van der Waals surface area contributed by atoms with Crippen molar-refractivity contribution in [1.82, 2.24) is 0 Å². The van der Waals surface area contributed by atoms with Crippen LogP contribution in [-0.2, 0) is 13.0 Å². The van der Waals surface area contributed by atoms with Crippen LogP contribution < -0.4 is 14.8 Å². The number of nitrogens with two attached hydrogens (primary N) is 1. The average Bonchev–Trinajstić information content (AvgIpc) is 2.60. The Morgan fingerprint density at radius 3 is 2.70 bits per heavy atom. The van der Waals surface area contributed by atoms with Crippen LogP contribution in [0.25, 0.3) is 0 Å². The fourth-order valence-electron chi connectivity index (χ4n) is 3.39. The van der Waals surface area contributed by atoms with Gasteiger partial charge in [0, 0.05) is 23.6 Å². The highest BCUT2D eigenvalue weighted by atomic mass is 79.9. The number of halogens is 1. The molecule has 0 aliphatic heterocycles. The molecular formula is C19H23BrNO2+. The summed E-state index contributed by atoms with van der Waals surface area (Å²) in [5.41, 5.74) is 4.18. The second kappa shape index (κ2) is 7.37. The Hall–Kier alpha value is -1.52. The van der Waals surface area contributed by atoms with Crippen molar-refractivity contribution in [3.05, 3.63) is 57.6 Å². The number of fused-ring (bicyclic) bond motifs is 1. The number of methoxy groups -OCH3 is 2. The quantitative estimate of drug-likeness (QED) is 0.864. The van der Waals surface area contributed by atoms with Gasteiger partial charge in [0.1, 0.15) is 24.1 Å². The van der Waals surface area contributed by atoms with E-state index in [4.69, 9.17) is 9.47 Å². The van der Waals surface area contributed by atoms with Crippen molar-refractivity contribution in [3.8, 4) is 11.5 Å². The number of ether oxygens (including phenoxy) is 2. The van der Waals surface area contributed by atoms with Crippen LogP contribution in [-0.4, -0.2) is 14.2 Å². The van der Waals surface area contributed by atoms with Gasteiger partial charge in [0.15, 0.2) is 0 Å². The molecule has 3 nitrogen and oxygen atoms in total. The molecule has 0 spiro atoms. The Labute approximate surface area is 146 Å². The smallest absolute Gasteiger partial charge is 0.136 e. The van der Waals surface area contributed by atoms with Gasteiger partial charge in [-0.05, 0) is 40.4 Å². The zero-order valence-electron chi connectivity index (χ0n) is 13.6. The van der Waals surface area contributed by atoms with Crippen molar-refractivity contribution < 1.29 is 14.8 Å². The Balaban J connectivity index is 1.78. The molecule has 0 saturated carbocycles. The molecule has 2 aromatic carbocycles. The third kappa shape index (κ3) is 3.54. The summed E-state index contributed by atoms with van der Waals surface area (Å²) in [5.74, 6) is 1.68. The maximum atomic E-state index is 5.53. The van der Waals surface area contributed by atoms with Gasteiger partial charge in [0.05, 0.1) is 18.7 Å². The second-order valence-corrected chi connectivity index (χ2v) is 6.79. The molecule has 0 bridgehead atoms. The average molecular weight is 377 g/mol. The molecule has 0 aromatic heterocycles. The van der Waals surface area contributed by atoms with Crippen LogP contribution in [0.5, 0.6) is 11.5 Å². The van der Waals surface area contributed by atoms with Crippen molar-refractivity contribution >= 4 is 15.9 Å². The third-order valence-corrected chi connectivity index (χ3v) is 5.21. The molecule has 1 aliphatic rings. The first-order chi connectivity index (χ1) is 11.2. The maximum absolute atomic E-state index is 5.53. The summed E-state index contributed by atoms with van der Waals surface area (Å²) in [7, 11) is 3.38. The van der Waals surface area contributed by atoms with Gasteiger partial charge in [0.25, 0.3) is 0 Å². The van der Waals surface area contributed by atoms with E-state index in [2.05, 4.69) is 51.6 Å². The molecule has 23 heavy (non-hydrogen) atoms. The molecule has 0 amide bonds. The summed E-state index contributed by atoms with van der Waals surface area (Å²) >= 11 is 3.57. The topological polar surface area (TPSA) is 35.1 Å². The number of benzene rings is 2. The van der Waals surface area contributed by atoms with Crippen molar-refractivity contribution in [1.29, 1.82) is 0 Å². The number of hydrogen-bond donors (Lipinski definition) is 1. The first kappa shape index (κ1) is 16.3. The van der Waals surface area contributed by atoms with E-state index in [1.165, 1.54) is 36.0 Å². The minimum atomic E-state index is 0.533. The predicted octanol–water partition coefficient (Wildman–Crippen LogP) is 3.61. The van der Waals surface area contributed by atoms with Crippen molar-refractivity contribution in [2.75, 3.05) is 14.2 Å². The summed E-state index contributed by atoms with van der Waals surface area (Å²) < 4.78 is 11.8. The second-order valence-electron chi connectivity index (χ2n) is 5.94. The summed E-state index contributed by atoms with van der Waals surface area (Å²) in [4.78, 5) is 0. The third-order valence-electron chi connectivity index (χ3n) is 4.59. The van der Waals surface area contributed by atoms with E-state index in [1.54, 1.807) is 14.2 Å². The fourth-order valence-corrected chi connectivity index (χ4v) is 3.94. The van der Waals surface area contributed by atoms with Gasteiger partial charge in [-0.3, -0.25) is 0 Å². The molecule has 0 unspecified atom stereocenters. The summed E-state index contributed by atoms with van der Waals surface area (Å²) in [6.07, 6.45) is 3.70. The van der Waals surface area contributed by atoms with Crippen LogP contribution >= 0.6 is 15.9 Å². The standard InChI is InChI=1S/C19H22BrNO2/c1-22-18-11-19(23-2)16(20)10-14(18)12-21-17-9-5-7-13-6-3-4-8-15(13)17/h3-4,6,8,10-11,17,21H,5,7,9,12H2,1-2H3/p+1/t17-/m0/s1. The lowest BCUT2D eigenvalue weighted by Gasteiger charge is -2.24. The molecular weight excluding hydrogens is 354 g/mol. The van der Waals surface area contributed by atoms with E-state index >= 15 is 0 Å². The van der Waals surface area contributed by atoms with Gasteiger partial charge in [0.2, 0.25) is 0 Å². The van der Waals surface area contributed by atoms with E-state index in [-0.39, 0.29) is 0 Å². The van der Waals surface area contributed by atoms with Gasteiger partial charge in [-0.25, -0.2) is 0 Å². The number of quaternary nitrogens is 1.